The van der Waals surface area contributed by atoms with Crippen LogP contribution in [0.4, 0.5) is 0 Å². The number of halogens is 1. The van der Waals surface area contributed by atoms with Gasteiger partial charge < -0.3 is 61.9 Å². The number of furan rings is 2. The Morgan fingerprint density at radius 2 is 1.08 bits per heavy atom. The molecule has 8 N–H and O–H groups in total. The van der Waals surface area contributed by atoms with E-state index in [1.165, 1.54) is 57.6 Å². The molecular weight excluding hydrogens is 940 g/mol. The summed E-state index contributed by atoms with van der Waals surface area (Å²) in [4.78, 5) is 56.5. The summed E-state index contributed by atoms with van der Waals surface area (Å²) in [6, 6.07) is 26.8. The number of amides is 1. The monoisotopic (exact) mass is 998 g/mol. The number of aromatic carboxylic acids is 1. The van der Waals surface area contributed by atoms with Crippen LogP contribution in [0, 0.1) is 0 Å². The van der Waals surface area contributed by atoms with E-state index < -0.39 is 23.9 Å². The molecule has 0 bridgehead atoms. The second kappa shape index (κ2) is 23.9. The van der Waals surface area contributed by atoms with Gasteiger partial charge in [-0.3, -0.25) is 9.59 Å². The number of nitrogens with one attached hydrogen (secondary N) is 1. The van der Waals surface area contributed by atoms with Gasteiger partial charge in [-0.15, -0.1) is 0 Å². The predicted molar refractivity (Wildman–Crippen MR) is 266 cm³/mol. The maximum absolute atomic E-state index is 13.0. The highest BCUT2D eigenvalue weighted by molar-refractivity contribution is 5.99. The van der Waals surface area contributed by atoms with Crippen molar-refractivity contribution in [2.24, 2.45) is 0 Å². The van der Waals surface area contributed by atoms with Crippen LogP contribution >= 0.6 is 0 Å². The van der Waals surface area contributed by atoms with Crippen LogP contribution in [0.3, 0.4) is 0 Å². The molecule has 1 amide bonds. The zero-order valence-electron chi connectivity index (χ0n) is 40.0. The van der Waals surface area contributed by atoms with E-state index in [2.05, 4.69) is 20.2 Å². The molecule has 16 nitrogen and oxygen atoms in total. The lowest BCUT2D eigenvalue weighted by Gasteiger charge is -2.25. The van der Waals surface area contributed by atoms with Gasteiger partial charge in [0.05, 0.1) is 51.3 Å². The fourth-order valence-electron chi connectivity index (χ4n) is 9.45. The minimum absolute atomic E-state index is 0. The standard InChI is InChI=1S/C27H27N3O5.C18H18N2O3.C10H13NO2.ClH/c31-21-9-6-17(7-10-21)14-23(27(33)34)29-26(32)18-8-11-24-22(15-18)28-25(19-12-13-35-16-19)30(24)20-4-2-1-3-5-20;21-18(22)12-6-7-16-15(10-12)19-17(13-8-9-23-11-13)20(16)14-4-2-1-3-5-14;1-7(12)10(11)6-8-2-4-9(13)5-3-8;/h6-13,15-16,20,23,31H,1-5,14H2,(H,29,32)(H,33,34);6-11,14H,1-5H2,(H,21,22);2-5,10,13H,6,11H2,1H3;1H/t23-;;10-;/m0.0./s1. The number of rotatable bonds is 13. The Hall–Kier alpha value is -7.69. The number of aliphatic carboxylic acids is 1. The lowest BCUT2D eigenvalue weighted by molar-refractivity contribution is -0.402. The van der Waals surface area contributed by atoms with Gasteiger partial charge in [-0.2, -0.15) is 0 Å². The summed E-state index contributed by atoms with van der Waals surface area (Å²) in [5.41, 5.74) is 11.3. The van der Waals surface area contributed by atoms with Crippen LogP contribution in [0.1, 0.15) is 115 Å². The van der Waals surface area contributed by atoms with Gasteiger partial charge in [-0.25, -0.2) is 19.6 Å². The fourth-order valence-corrected chi connectivity index (χ4v) is 9.45. The smallest absolute Gasteiger partial charge is 0.335 e. The van der Waals surface area contributed by atoms with Gasteiger partial charge in [0.15, 0.2) is 5.78 Å². The van der Waals surface area contributed by atoms with Crippen molar-refractivity contribution in [3.8, 4) is 34.3 Å². The van der Waals surface area contributed by atoms with Crippen molar-refractivity contribution in [2.75, 3.05) is 0 Å². The zero-order valence-corrected chi connectivity index (χ0v) is 40.7. The molecule has 0 radical (unpaired) electrons. The topological polar surface area (TPSA) is 251 Å². The quantitative estimate of drug-likeness (QED) is 0.0718. The first-order chi connectivity index (χ1) is 34.3. The largest absolute Gasteiger partial charge is 1.00 e. The third-order valence-corrected chi connectivity index (χ3v) is 13.3. The summed E-state index contributed by atoms with van der Waals surface area (Å²) in [5.74, 6) is -0.423. The van der Waals surface area contributed by atoms with E-state index in [0.29, 0.717) is 35.1 Å². The van der Waals surface area contributed by atoms with Crippen LogP contribution in [-0.2, 0) is 22.4 Å². The lowest BCUT2D eigenvalue weighted by Crippen LogP contribution is -3.00. The molecule has 4 heterocycles. The highest BCUT2D eigenvalue weighted by Crippen LogP contribution is 2.38. The van der Waals surface area contributed by atoms with Crippen LogP contribution in [0.15, 0.2) is 131 Å². The summed E-state index contributed by atoms with van der Waals surface area (Å²) in [6.07, 6.45) is 19.1. The first kappa shape index (κ1) is 52.1. The maximum Gasteiger partial charge on any atom is 0.335 e. The van der Waals surface area contributed by atoms with Crippen LogP contribution in [-0.4, -0.2) is 75.2 Å². The Morgan fingerprint density at radius 1 is 0.639 bits per heavy atom. The fraction of sp³-hybridized carbons (Fsp3) is 0.309. The number of carbonyl (C=O) groups excluding carboxylic acids is 2. The Bertz CT molecular complexity index is 3080. The van der Waals surface area contributed by atoms with Gasteiger partial charge in [0.1, 0.15) is 47.8 Å². The molecule has 2 aliphatic rings. The maximum atomic E-state index is 13.0. The number of imidazole rings is 2. The first-order valence-corrected chi connectivity index (χ1v) is 24.1. The number of ketones is 1. The molecular formula is C55H59ClN6O10. The molecule has 17 heteroatoms. The summed E-state index contributed by atoms with van der Waals surface area (Å²) in [6.45, 7) is 1.54. The Kier molecular flexibility index (Phi) is 17.3. The average Bonchev–Trinajstić information content (AvgIpc) is 4.23. The molecule has 0 unspecified atom stereocenters. The van der Waals surface area contributed by atoms with Gasteiger partial charge >= 0.3 is 11.9 Å². The molecule has 376 valence electrons. The molecule has 4 aromatic heterocycles. The van der Waals surface area contributed by atoms with E-state index >= 15 is 0 Å². The van der Waals surface area contributed by atoms with E-state index in [-0.39, 0.29) is 47.7 Å². The van der Waals surface area contributed by atoms with Crippen molar-refractivity contribution in [3.63, 3.8) is 0 Å². The van der Waals surface area contributed by atoms with Gasteiger partial charge in [-0.1, -0.05) is 62.8 Å². The number of phenolic OH excluding ortho intramolecular Hbond substituents is 2. The number of phenols is 2. The molecule has 2 fully saturated rings. The van der Waals surface area contributed by atoms with Crippen molar-refractivity contribution in [3.05, 3.63) is 144 Å². The van der Waals surface area contributed by atoms with Crippen molar-refractivity contribution in [1.29, 1.82) is 0 Å². The summed E-state index contributed by atoms with van der Waals surface area (Å²) < 4.78 is 15.1. The Balaban J connectivity index is 0.000000176. The minimum Gasteiger partial charge on any atom is -1.00 e. The minimum atomic E-state index is -1.13. The van der Waals surface area contributed by atoms with Gasteiger partial charge in [0.25, 0.3) is 5.91 Å². The van der Waals surface area contributed by atoms with Gasteiger partial charge in [0.2, 0.25) is 0 Å². The van der Waals surface area contributed by atoms with Crippen molar-refractivity contribution in [2.45, 2.75) is 108 Å². The SMILES string of the molecule is CC(=O)[C@@H]([NH3+])Cc1ccc(O)cc1.O=C(N[C@@H](Cc1ccc(O)cc1)C(=O)O)c1ccc2c(c1)nc(-c1ccoc1)n2C1CCCCC1.O=C(O)c1ccc2c(c1)nc(-c1ccoc1)n2C1CCCCC1.[Cl-]. The Labute approximate surface area is 421 Å². The van der Waals surface area contributed by atoms with Crippen LogP contribution in [0.5, 0.6) is 11.5 Å². The number of hydrogen-bond donors (Lipinski definition) is 6. The van der Waals surface area contributed by atoms with E-state index in [1.54, 1.807) is 85.7 Å². The number of benzene rings is 4. The number of carboxylic acid groups (broad SMARTS) is 2. The number of aromatic nitrogens is 4. The zero-order chi connectivity index (χ0) is 50.0. The van der Waals surface area contributed by atoms with Gasteiger partial charge in [-0.05, 0) is 110 Å². The number of nitrogens with zero attached hydrogens (tertiary/aromatic N) is 4. The molecule has 8 aromatic rings. The number of fused-ring (bicyclic) bond motifs is 2. The van der Waals surface area contributed by atoms with E-state index in [4.69, 9.17) is 23.9 Å². The van der Waals surface area contributed by atoms with Crippen molar-refractivity contribution < 1.29 is 66.6 Å². The normalized spacial score (nSPS) is 14.8. The molecule has 72 heavy (non-hydrogen) atoms. The number of Topliss-reactive ketones (excluding diaryl/α,β-unsaturated/α-hetero) is 1. The highest BCUT2D eigenvalue weighted by Gasteiger charge is 2.27. The number of quaternary nitrogens is 1. The van der Waals surface area contributed by atoms with E-state index in [0.717, 1.165) is 70.6 Å². The first-order valence-electron chi connectivity index (χ1n) is 24.1. The van der Waals surface area contributed by atoms with Crippen LogP contribution in [0.25, 0.3) is 44.8 Å². The summed E-state index contributed by atoms with van der Waals surface area (Å²) in [5, 5.41) is 39.9. The molecule has 4 aromatic carbocycles. The highest BCUT2D eigenvalue weighted by atomic mass is 35.5. The predicted octanol–water partition coefficient (Wildman–Crippen LogP) is 6.57. The van der Waals surface area contributed by atoms with E-state index in [1.807, 2.05) is 24.3 Å². The second-order valence-electron chi connectivity index (χ2n) is 18.3. The number of carbonyl (C=O) groups is 4. The number of hydrogen-bond acceptors (Lipinski definition) is 10. The van der Waals surface area contributed by atoms with Crippen LogP contribution in [0.2, 0.25) is 0 Å². The van der Waals surface area contributed by atoms with Crippen LogP contribution < -0.4 is 23.5 Å². The third kappa shape index (κ3) is 12.6. The molecule has 2 aliphatic carbocycles. The van der Waals surface area contributed by atoms with Crippen molar-refractivity contribution >= 4 is 45.7 Å². The second-order valence-corrected chi connectivity index (χ2v) is 18.3. The molecule has 0 saturated heterocycles. The number of aromatic hydroxyl groups is 2. The van der Waals surface area contributed by atoms with E-state index in [9.17, 15) is 34.5 Å². The number of carboxylic acids is 2. The lowest BCUT2D eigenvalue weighted by atomic mass is 9.95. The molecule has 2 atom stereocenters. The molecule has 0 aliphatic heterocycles. The molecule has 2 saturated carbocycles. The average molecular weight is 1000 g/mol. The van der Waals surface area contributed by atoms with Gasteiger partial charge in [0, 0.05) is 37.4 Å². The Morgan fingerprint density at radius 3 is 1.50 bits per heavy atom. The summed E-state index contributed by atoms with van der Waals surface area (Å²) in [7, 11) is 0. The third-order valence-electron chi connectivity index (χ3n) is 13.3. The molecule has 0 spiro atoms. The summed E-state index contributed by atoms with van der Waals surface area (Å²) >= 11 is 0. The molecule has 10 rings (SSSR count). The van der Waals surface area contributed by atoms with Crippen molar-refractivity contribution in [1.82, 2.24) is 24.4 Å².